The third kappa shape index (κ3) is 4.13. The van der Waals surface area contributed by atoms with E-state index >= 15 is 0 Å². The largest absolute Gasteiger partial charge is 0.454 e. The summed E-state index contributed by atoms with van der Waals surface area (Å²) in [6.45, 7) is -2.37. The van der Waals surface area contributed by atoms with Gasteiger partial charge in [0.1, 0.15) is 5.75 Å². The standard InChI is InChI=1S/C18H18F2N6O3/c1-21-18(23-9-16-25-24-15-4-2-3-5-26(15)16)22-8-11-6-13-14(28-10-27-13)7-12(11)29-17(19)20/h2-7,17H,8-10H2,1H3,(H2,21,22,23). The van der Waals surface area contributed by atoms with E-state index in [-0.39, 0.29) is 19.1 Å². The number of guanidine groups is 1. The molecule has 9 nitrogen and oxygen atoms in total. The summed E-state index contributed by atoms with van der Waals surface area (Å²) in [6, 6.07) is 8.62. The molecule has 1 aliphatic heterocycles. The summed E-state index contributed by atoms with van der Waals surface area (Å²) in [5.41, 5.74) is 1.21. The van der Waals surface area contributed by atoms with Gasteiger partial charge in [0.15, 0.2) is 28.9 Å². The minimum Gasteiger partial charge on any atom is -0.454 e. The number of benzene rings is 1. The lowest BCUT2D eigenvalue weighted by molar-refractivity contribution is -0.0505. The van der Waals surface area contributed by atoms with Crippen molar-refractivity contribution in [3.8, 4) is 17.2 Å². The second kappa shape index (κ2) is 8.17. The Morgan fingerprint density at radius 2 is 2.00 bits per heavy atom. The Hall–Kier alpha value is -3.63. The number of hydrogen-bond acceptors (Lipinski definition) is 6. The zero-order valence-electron chi connectivity index (χ0n) is 15.4. The molecule has 4 rings (SSSR count). The van der Waals surface area contributed by atoms with Gasteiger partial charge in [-0.05, 0) is 18.2 Å². The van der Waals surface area contributed by atoms with Gasteiger partial charge in [-0.25, -0.2) is 0 Å². The maximum absolute atomic E-state index is 12.8. The molecule has 3 aromatic rings. The van der Waals surface area contributed by atoms with Gasteiger partial charge in [0.2, 0.25) is 6.79 Å². The fourth-order valence-corrected chi connectivity index (χ4v) is 2.88. The first kappa shape index (κ1) is 18.7. The van der Waals surface area contributed by atoms with E-state index in [1.165, 1.54) is 6.07 Å². The summed E-state index contributed by atoms with van der Waals surface area (Å²) in [5.74, 6) is 2.01. The van der Waals surface area contributed by atoms with Crippen LogP contribution in [0.25, 0.3) is 5.65 Å². The van der Waals surface area contributed by atoms with Gasteiger partial charge < -0.3 is 24.8 Å². The third-order valence-electron chi connectivity index (χ3n) is 4.24. The number of ether oxygens (including phenoxy) is 3. The van der Waals surface area contributed by atoms with Gasteiger partial charge >= 0.3 is 6.61 Å². The SMILES string of the molecule is CN=C(NCc1cc2c(cc1OC(F)F)OCO2)NCc1nnc2ccccn12. The molecule has 1 aromatic carbocycles. The predicted octanol–water partition coefficient (Wildman–Crippen LogP) is 1.92. The van der Waals surface area contributed by atoms with Gasteiger partial charge in [0.25, 0.3) is 0 Å². The molecular formula is C18H18F2N6O3. The average molecular weight is 404 g/mol. The van der Waals surface area contributed by atoms with Gasteiger partial charge in [-0.2, -0.15) is 8.78 Å². The van der Waals surface area contributed by atoms with E-state index in [0.717, 1.165) is 5.65 Å². The molecule has 0 atom stereocenters. The van der Waals surface area contributed by atoms with E-state index in [1.54, 1.807) is 13.1 Å². The first-order valence-electron chi connectivity index (χ1n) is 8.74. The molecule has 11 heteroatoms. The molecule has 0 amide bonds. The molecule has 0 aliphatic carbocycles. The van der Waals surface area contributed by atoms with E-state index in [2.05, 4.69) is 30.6 Å². The zero-order valence-corrected chi connectivity index (χ0v) is 15.4. The maximum atomic E-state index is 12.8. The first-order valence-corrected chi connectivity index (χ1v) is 8.74. The molecular weight excluding hydrogens is 386 g/mol. The first-order chi connectivity index (χ1) is 14.1. The van der Waals surface area contributed by atoms with Crippen LogP contribution in [0.1, 0.15) is 11.4 Å². The molecule has 2 N–H and O–H groups in total. The van der Waals surface area contributed by atoms with E-state index < -0.39 is 6.61 Å². The van der Waals surface area contributed by atoms with Crippen LogP contribution in [0.4, 0.5) is 8.78 Å². The number of hydrogen-bond donors (Lipinski definition) is 2. The number of alkyl halides is 2. The highest BCUT2D eigenvalue weighted by molar-refractivity contribution is 5.79. The number of pyridine rings is 1. The molecule has 0 bridgehead atoms. The predicted molar refractivity (Wildman–Crippen MR) is 99.2 cm³/mol. The molecule has 0 radical (unpaired) electrons. The van der Waals surface area contributed by atoms with Crippen LogP contribution in [0.3, 0.4) is 0 Å². The van der Waals surface area contributed by atoms with Crippen LogP contribution in [0.15, 0.2) is 41.5 Å². The number of fused-ring (bicyclic) bond motifs is 2. The lowest BCUT2D eigenvalue weighted by Gasteiger charge is -2.15. The molecule has 29 heavy (non-hydrogen) atoms. The van der Waals surface area contributed by atoms with Crippen molar-refractivity contribution < 1.29 is 23.0 Å². The molecule has 0 unspecified atom stereocenters. The number of rotatable bonds is 6. The topological polar surface area (TPSA) is 94.3 Å². The number of halogens is 2. The van der Waals surface area contributed by atoms with Gasteiger partial charge in [-0.1, -0.05) is 6.07 Å². The van der Waals surface area contributed by atoms with Crippen LogP contribution in [0.5, 0.6) is 17.2 Å². The molecule has 1 aliphatic rings. The Morgan fingerprint density at radius 1 is 1.21 bits per heavy atom. The summed E-state index contributed by atoms with van der Waals surface area (Å²) in [5, 5.41) is 14.4. The molecule has 2 aromatic heterocycles. The maximum Gasteiger partial charge on any atom is 0.387 e. The highest BCUT2D eigenvalue weighted by Gasteiger charge is 2.20. The highest BCUT2D eigenvalue weighted by Crippen LogP contribution is 2.38. The summed E-state index contributed by atoms with van der Waals surface area (Å²) in [4.78, 5) is 4.14. The summed E-state index contributed by atoms with van der Waals surface area (Å²) in [7, 11) is 1.60. The molecule has 3 heterocycles. The lowest BCUT2D eigenvalue weighted by Crippen LogP contribution is -2.36. The van der Waals surface area contributed by atoms with Crippen molar-refractivity contribution in [3.05, 3.63) is 47.9 Å². The van der Waals surface area contributed by atoms with Crippen molar-refractivity contribution in [1.82, 2.24) is 25.2 Å². The number of aliphatic imine (C=N–C) groups is 1. The van der Waals surface area contributed by atoms with E-state index in [9.17, 15) is 8.78 Å². The zero-order chi connectivity index (χ0) is 20.2. The highest BCUT2D eigenvalue weighted by atomic mass is 19.3. The normalized spacial score (nSPS) is 13.2. The van der Waals surface area contributed by atoms with E-state index in [0.29, 0.717) is 35.4 Å². The smallest absolute Gasteiger partial charge is 0.387 e. The van der Waals surface area contributed by atoms with Crippen molar-refractivity contribution in [2.24, 2.45) is 4.99 Å². The van der Waals surface area contributed by atoms with E-state index in [4.69, 9.17) is 9.47 Å². The lowest BCUT2D eigenvalue weighted by atomic mass is 10.1. The molecule has 0 saturated heterocycles. The Labute approximate surface area is 164 Å². The van der Waals surface area contributed by atoms with Gasteiger partial charge in [-0.3, -0.25) is 9.39 Å². The van der Waals surface area contributed by atoms with Crippen LogP contribution >= 0.6 is 0 Å². The van der Waals surface area contributed by atoms with Crippen molar-refractivity contribution >= 4 is 11.6 Å². The third-order valence-corrected chi connectivity index (χ3v) is 4.24. The Balaban J connectivity index is 1.43. The van der Waals surface area contributed by atoms with Crippen LogP contribution in [0.2, 0.25) is 0 Å². The summed E-state index contributed by atoms with van der Waals surface area (Å²) < 4.78 is 42.5. The fraction of sp³-hybridized carbons (Fsp3) is 0.278. The van der Waals surface area contributed by atoms with E-state index in [1.807, 2.05) is 28.8 Å². The average Bonchev–Trinajstić information content (AvgIpc) is 3.34. The van der Waals surface area contributed by atoms with Crippen molar-refractivity contribution in [1.29, 1.82) is 0 Å². The van der Waals surface area contributed by atoms with Crippen molar-refractivity contribution in [3.63, 3.8) is 0 Å². The van der Waals surface area contributed by atoms with Gasteiger partial charge in [-0.15, -0.1) is 10.2 Å². The van der Waals surface area contributed by atoms with Crippen LogP contribution in [-0.2, 0) is 13.1 Å². The fourth-order valence-electron chi connectivity index (χ4n) is 2.88. The second-order valence-corrected chi connectivity index (χ2v) is 6.02. The number of nitrogens with zero attached hydrogens (tertiary/aromatic N) is 4. The van der Waals surface area contributed by atoms with Crippen molar-refractivity contribution in [2.75, 3.05) is 13.8 Å². The molecule has 152 valence electrons. The summed E-state index contributed by atoms with van der Waals surface area (Å²) in [6.07, 6.45) is 1.86. The van der Waals surface area contributed by atoms with Crippen molar-refractivity contribution in [2.45, 2.75) is 19.7 Å². The Kier molecular flexibility index (Phi) is 5.27. The minimum atomic E-state index is -2.95. The van der Waals surface area contributed by atoms with Crippen LogP contribution in [0, 0.1) is 0 Å². The minimum absolute atomic E-state index is 0.00986. The Morgan fingerprint density at radius 3 is 2.79 bits per heavy atom. The number of aromatic nitrogens is 3. The molecule has 0 spiro atoms. The van der Waals surface area contributed by atoms with Gasteiger partial charge in [0.05, 0.1) is 6.54 Å². The molecule has 0 saturated carbocycles. The van der Waals surface area contributed by atoms with Gasteiger partial charge in [0, 0.05) is 31.4 Å². The Bertz CT molecular complexity index is 1040. The number of nitrogens with one attached hydrogen (secondary N) is 2. The summed E-state index contributed by atoms with van der Waals surface area (Å²) >= 11 is 0. The van der Waals surface area contributed by atoms with Crippen LogP contribution < -0.4 is 24.8 Å². The van der Waals surface area contributed by atoms with Crippen LogP contribution in [-0.4, -0.2) is 41.0 Å². The second-order valence-electron chi connectivity index (χ2n) is 6.02. The monoisotopic (exact) mass is 404 g/mol. The quantitative estimate of drug-likeness (QED) is 0.479. The molecule has 0 fully saturated rings.